The van der Waals surface area contributed by atoms with Crippen molar-refractivity contribution >= 4 is 12.4 Å². The fraction of sp³-hybridized carbons (Fsp3) is 0.833. The van der Waals surface area contributed by atoms with Gasteiger partial charge in [-0.25, -0.2) is 0 Å². The number of hydrogen-bond donors (Lipinski definition) is 1. The Labute approximate surface area is 189 Å². The van der Waals surface area contributed by atoms with Gasteiger partial charge in [-0.15, -0.1) is 0 Å². The summed E-state index contributed by atoms with van der Waals surface area (Å²) in [5, 5.41) is 10.0. The van der Waals surface area contributed by atoms with E-state index in [0.29, 0.717) is 25.7 Å². The smallest absolute Gasteiger partial charge is 0.305 e. The Balaban J connectivity index is 5.30. The molecule has 0 aliphatic heterocycles. The molecule has 1 amide bonds. The summed E-state index contributed by atoms with van der Waals surface area (Å²) in [6.45, 7) is 9.91. The van der Waals surface area contributed by atoms with E-state index in [-0.39, 0.29) is 48.1 Å². The number of aliphatic hydroxyl groups is 1. The van der Waals surface area contributed by atoms with E-state index in [1.165, 1.54) is 4.90 Å². The molecule has 0 aromatic rings. The van der Waals surface area contributed by atoms with Gasteiger partial charge in [0.15, 0.2) is 0 Å². The summed E-state index contributed by atoms with van der Waals surface area (Å²) in [4.78, 5) is 24.4. The highest BCUT2D eigenvalue weighted by molar-refractivity contribution is 5.69. The number of esters is 1. The van der Waals surface area contributed by atoms with Crippen LogP contribution in [-0.2, 0) is 23.8 Å². The molecule has 0 saturated heterocycles. The van der Waals surface area contributed by atoms with Crippen LogP contribution in [0.15, 0.2) is 12.3 Å². The van der Waals surface area contributed by atoms with Gasteiger partial charge in [-0.3, -0.25) is 9.59 Å². The summed E-state index contributed by atoms with van der Waals surface area (Å²) in [6.07, 6.45) is 6.56. The normalized spacial score (nSPS) is 18.6. The Morgan fingerprint density at radius 3 is 2.19 bits per heavy atom. The zero-order valence-electron chi connectivity index (χ0n) is 20.7. The van der Waals surface area contributed by atoms with Crippen molar-refractivity contribution in [1.82, 2.24) is 4.90 Å². The Morgan fingerprint density at radius 1 is 1.06 bits per heavy atom. The van der Waals surface area contributed by atoms with Crippen LogP contribution in [-0.4, -0.2) is 68.1 Å². The van der Waals surface area contributed by atoms with Crippen LogP contribution in [0.1, 0.15) is 66.7 Å². The van der Waals surface area contributed by atoms with Crippen molar-refractivity contribution in [3.8, 4) is 0 Å². The first-order valence-corrected chi connectivity index (χ1v) is 11.4. The van der Waals surface area contributed by atoms with E-state index in [2.05, 4.69) is 6.92 Å². The second kappa shape index (κ2) is 16.2. The number of aliphatic hydroxyl groups excluding tert-OH is 1. The maximum absolute atomic E-state index is 12.1. The van der Waals surface area contributed by atoms with E-state index in [0.717, 1.165) is 12.8 Å². The molecular formula is C24H45NO6. The molecule has 0 aromatic carbocycles. The molecule has 0 radical (unpaired) electrons. The van der Waals surface area contributed by atoms with Crippen molar-refractivity contribution in [3.63, 3.8) is 0 Å². The van der Waals surface area contributed by atoms with Crippen molar-refractivity contribution in [3.05, 3.63) is 12.3 Å². The highest BCUT2D eigenvalue weighted by Gasteiger charge is 2.32. The highest BCUT2D eigenvalue weighted by Crippen LogP contribution is 2.28. The molecule has 0 heterocycles. The summed E-state index contributed by atoms with van der Waals surface area (Å²) in [7, 11) is 5.01. The third kappa shape index (κ3) is 11.1. The Bertz CT molecular complexity index is 526. The quantitative estimate of drug-likeness (QED) is 0.272. The molecule has 7 heteroatoms. The predicted molar refractivity (Wildman–Crippen MR) is 122 cm³/mol. The number of hydrogen-bond acceptors (Lipinski definition) is 6. The van der Waals surface area contributed by atoms with Gasteiger partial charge in [0.1, 0.15) is 6.10 Å². The molecule has 31 heavy (non-hydrogen) atoms. The third-order valence-corrected chi connectivity index (χ3v) is 6.08. The summed E-state index contributed by atoms with van der Waals surface area (Å²) < 4.78 is 17.2. The average Bonchev–Trinajstić information content (AvgIpc) is 2.77. The van der Waals surface area contributed by atoms with E-state index in [1.54, 1.807) is 34.4 Å². The van der Waals surface area contributed by atoms with Crippen LogP contribution in [0.2, 0.25) is 0 Å². The predicted octanol–water partition coefficient (Wildman–Crippen LogP) is 3.79. The maximum atomic E-state index is 12.1. The van der Waals surface area contributed by atoms with E-state index in [9.17, 15) is 14.7 Å². The molecule has 1 N–H and O–H groups in total. The lowest BCUT2D eigenvalue weighted by atomic mass is 9.84. The molecule has 0 aliphatic carbocycles. The molecule has 182 valence electrons. The van der Waals surface area contributed by atoms with Crippen LogP contribution in [0.25, 0.3) is 0 Å². The number of amides is 1. The molecule has 0 spiro atoms. The van der Waals surface area contributed by atoms with Crippen molar-refractivity contribution < 1.29 is 28.9 Å². The van der Waals surface area contributed by atoms with Gasteiger partial charge in [-0.1, -0.05) is 40.7 Å². The lowest BCUT2D eigenvalue weighted by Gasteiger charge is -2.34. The number of rotatable bonds is 17. The molecule has 0 unspecified atom stereocenters. The maximum Gasteiger partial charge on any atom is 0.305 e. The molecule has 0 aromatic heterocycles. The zero-order valence-corrected chi connectivity index (χ0v) is 20.7. The number of carbonyl (C=O) groups is 2. The van der Waals surface area contributed by atoms with E-state index in [1.807, 2.05) is 26.8 Å². The minimum atomic E-state index is -0.380. The minimum Gasteiger partial charge on any atom is -0.462 e. The van der Waals surface area contributed by atoms with Gasteiger partial charge >= 0.3 is 5.97 Å². The first kappa shape index (κ1) is 29.6. The first-order chi connectivity index (χ1) is 14.6. The van der Waals surface area contributed by atoms with Gasteiger partial charge in [-0.05, 0) is 31.6 Å². The number of methoxy groups -OCH3 is 2. The van der Waals surface area contributed by atoms with Gasteiger partial charge in [0, 0.05) is 45.7 Å². The fourth-order valence-electron chi connectivity index (χ4n) is 3.83. The Kier molecular flexibility index (Phi) is 15.5. The topological polar surface area (TPSA) is 85.3 Å². The van der Waals surface area contributed by atoms with Crippen LogP contribution in [0.5, 0.6) is 0 Å². The standard InChI is InChI=1S/C24H45NO6/c1-9-20(27)15-22(29-7)17(3)11-12-21(31-23(28)10-2)19(5)24(30-8)18(4)13-14-25(6)16-26/h13-14,16-22,24,27H,9-12,15H2,1-8H3/b14-13+/t17-,18+,19-,20+,21+,22-,24+/m0/s1. The van der Waals surface area contributed by atoms with Gasteiger partial charge in [0.05, 0.1) is 18.3 Å². The van der Waals surface area contributed by atoms with Gasteiger partial charge in [0.25, 0.3) is 0 Å². The molecule has 0 rings (SSSR count). The van der Waals surface area contributed by atoms with Crippen LogP contribution in [0.4, 0.5) is 0 Å². The van der Waals surface area contributed by atoms with Crippen LogP contribution < -0.4 is 0 Å². The monoisotopic (exact) mass is 443 g/mol. The summed E-state index contributed by atoms with van der Waals surface area (Å²) in [6, 6.07) is 0. The molecule has 7 nitrogen and oxygen atoms in total. The third-order valence-electron chi connectivity index (χ3n) is 6.08. The van der Waals surface area contributed by atoms with Gasteiger partial charge < -0.3 is 24.2 Å². The SMILES string of the molecule is CCC(=O)O[C@H](CC[C@H](C)[C@H](C[C@H](O)CC)OC)[C@H](C)[C@H](OC)[C@H](C)/C=C/N(C)C=O. The molecule has 0 aliphatic rings. The average molecular weight is 444 g/mol. The molecule has 7 atom stereocenters. The number of nitrogens with zero attached hydrogens (tertiary/aromatic N) is 1. The van der Waals surface area contributed by atoms with Crippen molar-refractivity contribution in [2.24, 2.45) is 17.8 Å². The molecule has 0 saturated carbocycles. The largest absolute Gasteiger partial charge is 0.462 e. The van der Waals surface area contributed by atoms with E-state index < -0.39 is 0 Å². The van der Waals surface area contributed by atoms with Crippen LogP contribution in [0.3, 0.4) is 0 Å². The summed E-state index contributed by atoms with van der Waals surface area (Å²) in [5.41, 5.74) is 0. The number of carbonyl (C=O) groups excluding carboxylic acids is 2. The van der Waals surface area contributed by atoms with Crippen molar-refractivity contribution in [2.45, 2.75) is 91.1 Å². The summed E-state index contributed by atoms with van der Waals surface area (Å²) in [5.74, 6) is -0.0427. The molecular weight excluding hydrogens is 398 g/mol. The number of ether oxygens (including phenoxy) is 3. The van der Waals surface area contributed by atoms with Crippen LogP contribution in [0, 0.1) is 17.8 Å². The van der Waals surface area contributed by atoms with Crippen LogP contribution >= 0.6 is 0 Å². The van der Waals surface area contributed by atoms with Crippen molar-refractivity contribution in [2.75, 3.05) is 21.3 Å². The zero-order chi connectivity index (χ0) is 24.0. The lowest BCUT2D eigenvalue weighted by Crippen LogP contribution is -2.38. The fourth-order valence-corrected chi connectivity index (χ4v) is 3.83. The van der Waals surface area contributed by atoms with E-state index in [4.69, 9.17) is 14.2 Å². The molecule has 0 fully saturated rings. The first-order valence-electron chi connectivity index (χ1n) is 11.4. The van der Waals surface area contributed by atoms with E-state index >= 15 is 0 Å². The second-order valence-corrected chi connectivity index (χ2v) is 8.54. The summed E-state index contributed by atoms with van der Waals surface area (Å²) >= 11 is 0. The Hall–Kier alpha value is -1.44. The van der Waals surface area contributed by atoms with Gasteiger partial charge in [0.2, 0.25) is 6.41 Å². The minimum absolute atomic E-state index is 0.0223. The second-order valence-electron chi connectivity index (χ2n) is 8.54. The Morgan fingerprint density at radius 2 is 1.71 bits per heavy atom. The van der Waals surface area contributed by atoms with Gasteiger partial charge in [-0.2, -0.15) is 0 Å². The highest BCUT2D eigenvalue weighted by atomic mass is 16.5. The van der Waals surface area contributed by atoms with Crippen molar-refractivity contribution in [1.29, 1.82) is 0 Å². The molecule has 0 bridgehead atoms. The lowest BCUT2D eigenvalue weighted by molar-refractivity contribution is -0.155.